The summed E-state index contributed by atoms with van der Waals surface area (Å²) in [6, 6.07) is 29.0. The Balaban J connectivity index is 1.76. The zero-order valence-electron chi connectivity index (χ0n) is 27.2. The number of fused-ring (bicyclic) bond motifs is 3. The third-order valence-corrected chi connectivity index (χ3v) is 19.0. The fourth-order valence-electron chi connectivity index (χ4n) is 7.35. The molecule has 0 unspecified atom stereocenters. The van der Waals surface area contributed by atoms with E-state index in [0.29, 0.717) is 3.63 Å². The molecular weight excluding hydrogens is 837 g/mol. The Bertz CT molecular complexity index is 1740. The van der Waals surface area contributed by atoms with Crippen LogP contribution in [0.5, 0.6) is 0 Å². The quantitative estimate of drug-likeness (QED) is 0.179. The first kappa shape index (κ1) is 32.5. The van der Waals surface area contributed by atoms with E-state index < -0.39 is 21.3 Å². The summed E-state index contributed by atoms with van der Waals surface area (Å²) < 4.78 is 6.30. The van der Waals surface area contributed by atoms with E-state index in [2.05, 4.69) is 192 Å². The van der Waals surface area contributed by atoms with Crippen molar-refractivity contribution in [1.82, 2.24) is 0 Å². The number of benzene rings is 4. The van der Waals surface area contributed by atoms with Gasteiger partial charge in [-0.3, -0.25) is 0 Å². The second-order valence-corrected chi connectivity index (χ2v) is 23.3. The standard InChI is InChI=1S/C23H29.C13H8I2.C5H5.Zr/c1-14-9-16-11-17-10-15(2)21(23(6,7)8)13-19(17)18(16)12-20(14)22(3,4)5;14-12-5-1-10(2-6-12)9-11-3-7-13(15)8-4-11;1-2-4-5-3-1;/h9-13H,1-8H3;1-8H;1-3H,4H2;. The fraction of sp³-hybridized carbons (Fsp3) is 0.293. The summed E-state index contributed by atoms with van der Waals surface area (Å²) in [6.07, 6.45) is 8.26. The van der Waals surface area contributed by atoms with Crippen LogP contribution in [0.15, 0.2) is 94.3 Å². The van der Waals surface area contributed by atoms with Crippen molar-refractivity contribution in [1.29, 1.82) is 0 Å². The third-order valence-electron chi connectivity index (χ3n) is 9.26. The minimum atomic E-state index is -2.71. The van der Waals surface area contributed by atoms with Crippen LogP contribution in [-0.4, -0.2) is 3.21 Å². The Hall–Kier alpha value is -1.43. The number of aryl methyl sites for hydroxylation is 2. The molecule has 3 heteroatoms. The van der Waals surface area contributed by atoms with Crippen LogP contribution in [0.3, 0.4) is 0 Å². The van der Waals surface area contributed by atoms with Gasteiger partial charge in [0.2, 0.25) is 0 Å². The van der Waals surface area contributed by atoms with Gasteiger partial charge < -0.3 is 0 Å². The topological polar surface area (TPSA) is 0 Å². The van der Waals surface area contributed by atoms with Crippen LogP contribution in [0, 0.1) is 21.0 Å². The van der Waals surface area contributed by atoms with Gasteiger partial charge >= 0.3 is 303 Å². The predicted molar refractivity (Wildman–Crippen MR) is 204 cm³/mol. The molecule has 0 nitrogen and oxygen atoms in total. The first-order chi connectivity index (χ1) is 20.7. The average Bonchev–Trinajstić information content (AvgIpc) is 3.57. The molecule has 4 aromatic rings. The molecule has 2 aliphatic rings. The van der Waals surface area contributed by atoms with E-state index in [9.17, 15) is 0 Å². The van der Waals surface area contributed by atoms with Gasteiger partial charge in [-0.2, -0.15) is 0 Å². The second-order valence-electron chi connectivity index (χ2n) is 14.6. The summed E-state index contributed by atoms with van der Waals surface area (Å²) in [5.74, 6) is 0. The molecule has 0 bridgehead atoms. The molecule has 224 valence electrons. The molecule has 4 aromatic carbocycles. The van der Waals surface area contributed by atoms with Crippen molar-refractivity contribution < 1.29 is 21.3 Å². The average molecular weight is 880 g/mol. The van der Waals surface area contributed by atoms with E-state index in [4.69, 9.17) is 0 Å². The second kappa shape index (κ2) is 12.3. The monoisotopic (exact) mass is 878 g/mol. The van der Waals surface area contributed by atoms with Gasteiger partial charge in [0.25, 0.3) is 0 Å². The first-order valence-corrected chi connectivity index (χ1v) is 21.7. The van der Waals surface area contributed by atoms with Crippen LogP contribution >= 0.6 is 45.2 Å². The van der Waals surface area contributed by atoms with Gasteiger partial charge in [-0.15, -0.1) is 0 Å². The maximum absolute atomic E-state index is 2.71. The van der Waals surface area contributed by atoms with E-state index >= 15 is 0 Å². The molecule has 0 radical (unpaired) electrons. The zero-order chi connectivity index (χ0) is 31.6. The van der Waals surface area contributed by atoms with Crippen molar-refractivity contribution in [3.05, 3.63) is 146 Å². The molecule has 0 saturated carbocycles. The van der Waals surface area contributed by atoms with Crippen molar-refractivity contribution in [2.45, 2.75) is 76.3 Å². The summed E-state index contributed by atoms with van der Waals surface area (Å²) in [6.45, 7) is 18.9. The molecule has 6 rings (SSSR count). The van der Waals surface area contributed by atoms with Gasteiger partial charge in [-0.1, -0.05) is 0 Å². The van der Waals surface area contributed by atoms with Gasteiger partial charge in [-0.05, 0) is 0 Å². The number of hydrogen-bond donors (Lipinski definition) is 0. The Morgan fingerprint density at radius 2 is 1.09 bits per heavy atom. The van der Waals surface area contributed by atoms with Crippen LogP contribution in [0.2, 0.25) is 0 Å². The van der Waals surface area contributed by atoms with E-state index in [0.717, 1.165) is 6.42 Å². The molecule has 0 heterocycles. The van der Waals surface area contributed by atoms with Gasteiger partial charge in [0, 0.05) is 0 Å². The molecule has 0 aromatic heterocycles. The van der Waals surface area contributed by atoms with Gasteiger partial charge in [-0.25, -0.2) is 0 Å². The first-order valence-electron chi connectivity index (χ1n) is 15.7. The Labute approximate surface area is 299 Å². The molecule has 44 heavy (non-hydrogen) atoms. The Kier molecular flexibility index (Phi) is 9.09. The van der Waals surface area contributed by atoms with E-state index in [1.54, 1.807) is 17.6 Å². The summed E-state index contributed by atoms with van der Waals surface area (Å²) in [7, 11) is 0. The normalized spacial score (nSPS) is 14.5. The van der Waals surface area contributed by atoms with Crippen LogP contribution in [0.25, 0.3) is 11.1 Å². The van der Waals surface area contributed by atoms with E-state index in [-0.39, 0.29) is 10.8 Å². The fourth-order valence-corrected chi connectivity index (χ4v) is 17.0. The molecule has 0 spiro atoms. The third kappa shape index (κ3) is 6.16. The van der Waals surface area contributed by atoms with E-state index in [1.165, 1.54) is 51.6 Å². The number of hydrogen-bond acceptors (Lipinski definition) is 0. The minimum absolute atomic E-state index is 0.0913. The molecule has 0 atom stereocenters. The molecular formula is C41H42I2Zr. The molecule has 0 amide bonds. The summed E-state index contributed by atoms with van der Waals surface area (Å²) in [5, 5.41) is 0. The van der Waals surface area contributed by atoms with Crippen molar-refractivity contribution in [2.75, 3.05) is 0 Å². The summed E-state index contributed by atoms with van der Waals surface area (Å²) in [4.78, 5) is 0. The van der Waals surface area contributed by atoms with Gasteiger partial charge in [0.1, 0.15) is 0 Å². The predicted octanol–water partition coefficient (Wildman–Crippen LogP) is 11.9. The summed E-state index contributed by atoms with van der Waals surface area (Å²) in [5.41, 5.74) is 14.8. The van der Waals surface area contributed by atoms with Gasteiger partial charge in [0.15, 0.2) is 0 Å². The summed E-state index contributed by atoms with van der Waals surface area (Å²) >= 11 is 2.17. The number of allylic oxidation sites excluding steroid dienone is 4. The molecule has 0 saturated heterocycles. The number of rotatable bonds is 4. The van der Waals surface area contributed by atoms with Crippen LogP contribution in [-0.2, 0) is 32.1 Å². The maximum atomic E-state index is 2.59. The Morgan fingerprint density at radius 1 is 0.659 bits per heavy atom. The van der Waals surface area contributed by atoms with Crippen LogP contribution in [0.4, 0.5) is 0 Å². The Morgan fingerprint density at radius 3 is 1.45 bits per heavy atom. The SMILES string of the molecule is Cc1cc2c(cc1C(C)(C)C)-c1cc(C(C)(C)C)c(C)cc1[CH]2[Zr]([C]1=CC=CC1)=[C](c1ccc(I)cc1)c1ccc(I)cc1. The molecule has 0 N–H and O–H groups in total. The van der Waals surface area contributed by atoms with Gasteiger partial charge in [0.05, 0.1) is 0 Å². The van der Waals surface area contributed by atoms with Crippen LogP contribution in [0.1, 0.15) is 96.1 Å². The van der Waals surface area contributed by atoms with E-state index in [1.807, 2.05) is 0 Å². The molecule has 2 aliphatic carbocycles. The van der Waals surface area contributed by atoms with Crippen molar-refractivity contribution in [2.24, 2.45) is 0 Å². The molecule has 0 aliphatic heterocycles. The molecule has 0 fully saturated rings. The van der Waals surface area contributed by atoms with Crippen LogP contribution < -0.4 is 0 Å². The zero-order valence-corrected chi connectivity index (χ0v) is 34.0. The van der Waals surface area contributed by atoms with Crippen molar-refractivity contribution in [3.8, 4) is 11.1 Å². The van der Waals surface area contributed by atoms with Crippen molar-refractivity contribution in [3.63, 3.8) is 0 Å². The van der Waals surface area contributed by atoms with Crippen molar-refractivity contribution >= 4 is 48.4 Å². The number of halogens is 2.